The number of ketones is 2. The first-order chi connectivity index (χ1) is 10.6. The predicted octanol–water partition coefficient (Wildman–Crippen LogP) is 2.50. The van der Waals surface area contributed by atoms with Crippen LogP contribution in [-0.4, -0.2) is 27.2 Å². The number of Topliss-reactive ketones (excluding diaryl/α,β-unsaturated/α-hetero) is 2. The molecule has 1 aliphatic rings. The predicted molar refractivity (Wildman–Crippen MR) is 82.4 cm³/mol. The molecule has 0 unspecified atom stereocenters. The summed E-state index contributed by atoms with van der Waals surface area (Å²) in [5.41, 5.74) is 2.89. The third-order valence-corrected chi connectivity index (χ3v) is 3.67. The summed E-state index contributed by atoms with van der Waals surface area (Å²) in [7, 11) is 0. The van der Waals surface area contributed by atoms with Crippen LogP contribution in [-0.2, 0) is 6.54 Å². The van der Waals surface area contributed by atoms with Crippen LogP contribution in [0.1, 0.15) is 44.3 Å². The van der Waals surface area contributed by atoms with Crippen LogP contribution in [0.15, 0.2) is 35.3 Å². The summed E-state index contributed by atoms with van der Waals surface area (Å²) in [5.74, 6) is -0.488. The molecule has 2 aromatic rings. The van der Waals surface area contributed by atoms with Gasteiger partial charge >= 0.3 is 0 Å². The van der Waals surface area contributed by atoms with Gasteiger partial charge in [-0.3, -0.25) is 14.6 Å². The molecule has 0 N–H and O–H groups in total. The van der Waals surface area contributed by atoms with Crippen molar-refractivity contribution in [2.75, 3.05) is 0 Å². The fourth-order valence-corrected chi connectivity index (χ4v) is 2.31. The molecular weight excluding hydrogens is 278 g/mol. The van der Waals surface area contributed by atoms with Gasteiger partial charge in [0.15, 0.2) is 5.78 Å². The van der Waals surface area contributed by atoms with Crippen molar-refractivity contribution in [3.63, 3.8) is 0 Å². The van der Waals surface area contributed by atoms with Crippen LogP contribution in [0.25, 0.3) is 0 Å². The van der Waals surface area contributed by atoms with Gasteiger partial charge in [0.1, 0.15) is 11.4 Å². The van der Waals surface area contributed by atoms with Gasteiger partial charge in [-0.25, -0.2) is 9.97 Å². The van der Waals surface area contributed by atoms with Gasteiger partial charge in [0.05, 0.1) is 30.1 Å². The van der Waals surface area contributed by atoms with Gasteiger partial charge in [-0.2, -0.15) is 0 Å². The summed E-state index contributed by atoms with van der Waals surface area (Å²) < 4.78 is 0. The number of benzene rings is 1. The number of aromatic nitrogens is 2. The van der Waals surface area contributed by atoms with E-state index >= 15 is 0 Å². The second kappa shape index (κ2) is 5.60. The maximum absolute atomic E-state index is 12.5. The van der Waals surface area contributed by atoms with Gasteiger partial charge in [0.25, 0.3) is 0 Å². The molecule has 1 aromatic heterocycles. The molecule has 0 bridgehead atoms. The molecule has 1 heterocycles. The van der Waals surface area contributed by atoms with Crippen LogP contribution >= 0.6 is 0 Å². The second-order valence-corrected chi connectivity index (χ2v) is 5.27. The van der Waals surface area contributed by atoms with Gasteiger partial charge in [-0.1, -0.05) is 30.3 Å². The van der Waals surface area contributed by atoms with Crippen LogP contribution in [0, 0.1) is 13.8 Å². The van der Waals surface area contributed by atoms with E-state index in [1.165, 1.54) is 0 Å². The van der Waals surface area contributed by atoms with E-state index in [2.05, 4.69) is 15.0 Å². The minimum Gasteiger partial charge on any atom is -0.292 e. The van der Waals surface area contributed by atoms with E-state index in [4.69, 9.17) is 0 Å². The SMILES string of the molecule is Cc1nc2c(nc1C)C(=O)C(=NCc1ccccc1)CC2=O. The Balaban J connectivity index is 1.95. The van der Waals surface area contributed by atoms with E-state index in [0.717, 1.165) is 5.56 Å². The maximum Gasteiger partial charge on any atom is 0.227 e. The molecule has 0 fully saturated rings. The second-order valence-electron chi connectivity index (χ2n) is 5.27. The van der Waals surface area contributed by atoms with E-state index in [9.17, 15) is 9.59 Å². The first-order valence-electron chi connectivity index (χ1n) is 7.06. The number of aryl methyl sites for hydroxylation is 2. The molecule has 5 heteroatoms. The number of rotatable bonds is 2. The molecule has 0 saturated carbocycles. The highest BCUT2D eigenvalue weighted by Gasteiger charge is 2.32. The Morgan fingerprint density at radius 1 is 1.00 bits per heavy atom. The Labute approximate surface area is 128 Å². The normalized spacial score (nSPS) is 16.0. The summed E-state index contributed by atoms with van der Waals surface area (Å²) in [4.78, 5) is 37.4. The third kappa shape index (κ3) is 2.57. The largest absolute Gasteiger partial charge is 0.292 e. The quantitative estimate of drug-likeness (QED) is 0.852. The lowest BCUT2D eigenvalue weighted by Gasteiger charge is -2.15. The summed E-state index contributed by atoms with van der Waals surface area (Å²) in [6.07, 6.45) is -0.00412. The summed E-state index contributed by atoms with van der Waals surface area (Å²) in [6.45, 7) is 3.93. The molecule has 0 saturated heterocycles. The number of nitrogens with zero attached hydrogens (tertiary/aromatic N) is 3. The van der Waals surface area contributed by atoms with Crippen LogP contribution < -0.4 is 0 Å². The van der Waals surface area contributed by atoms with Crippen molar-refractivity contribution < 1.29 is 9.59 Å². The van der Waals surface area contributed by atoms with Gasteiger partial charge in [-0.15, -0.1) is 0 Å². The van der Waals surface area contributed by atoms with Gasteiger partial charge in [0.2, 0.25) is 5.78 Å². The molecule has 5 nitrogen and oxygen atoms in total. The fraction of sp³-hybridized carbons (Fsp3) is 0.235. The minimum absolute atomic E-state index is 0.00412. The van der Waals surface area contributed by atoms with Crippen LogP contribution in [0.3, 0.4) is 0 Å². The zero-order valence-electron chi connectivity index (χ0n) is 12.5. The molecule has 3 rings (SSSR count). The number of hydrogen-bond donors (Lipinski definition) is 0. The zero-order chi connectivity index (χ0) is 15.7. The third-order valence-electron chi connectivity index (χ3n) is 3.67. The molecule has 1 aromatic carbocycles. The number of carbonyl (C=O) groups is 2. The monoisotopic (exact) mass is 293 g/mol. The van der Waals surface area contributed by atoms with Crippen molar-refractivity contribution in [2.45, 2.75) is 26.8 Å². The highest BCUT2D eigenvalue weighted by atomic mass is 16.1. The van der Waals surface area contributed by atoms with Crippen molar-refractivity contribution >= 4 is 17.3 Å². The van der Waals surface area contributed by atoms with E-state index in [1.54, 1.807) is 13.8 Å². The molecule has 110 valence electrons. The van der Waals surface area contributed by atoms with E-state index in [1.807, 2.05) is 30.3 Å². The summed E-state index contributed by atoms with van der Waals surface area (Å²) in [6, 6.07) is 9.61. The average molecular weight is 293 g/mol. The van der Waals surface area contributed by atoms with Gasteiger partial charge in [0, 0.05) is 0 Å². The van der Waals surface area contributed by atoms with Gasteiger partial charge < -0.3 is 0 Å². The highest BCUT2D eigenvalue weighted by molar-refractivity contribution is 6.52. The van der Waals surface area contributed by atoms with Crippen molar-refractivity contribution in [1.82, 2.24) is 9.97 Å². The lowest BCUT2D eigenvalue weighted by atomic mass is 9.95. The fourth-order valence-electron chi connectivity index (χ4n) is 2.31. The van der Waals surface area contributed by atoms with Crippen molar-refractivity contribution in [2.24, 2.45) is 4.99 Å². The molecule has 1 aliphatic carbocycles. The average Bonchev–Trinajstić information content (AvgIpc) is 2.52. The van der Waals surface area contributed by atoms with Crippen LogP contribution in [0.5, 0.6) is 0 Å². The zero-order valence-corrected chi connectivity index (χ0v) is 12.5. The van der Waals surface area contributed by atoms with Crippen molar-refractivity contribution in [1.29, 1.82) is 0 Å². The summed E-state index contributed by atoms with van der Waals surface area (Å²) >= 11 is 0. The number of hydrogen-bond acceptors (Lipinski definition) is 5. The van der Waals surface area contributed by atoms with Crippen molar-refractivity contribution in [3.05, 3.63) is 58.7 Å². The smallest absolute Gasteiger partial charge is 0.227 e. The van der Waals surface area contributed by atoms with Gasteiger partial charge in [-0.05, 0) is 19.4 Å². The van der Waals surface area contributed by atoms with E-state index in [0.29, 0.717) is 17.9 Å². The minimum atomic E-state index is -0.291. The number of carbonyl (C=O) groups excluding carboxylic acids is 2. The Morgan fingerprint density at radius 3 is 2.32 bits per heavy atom. The molecule has 22 heavy (non-hydrogen) atoms. The highest BCUT2D eigenvalue weighted by Crippen LogP contribution is 2.18. The first kappa shape index (κ1) is 14.3. The number of aliphatic imine (C=N–C) groups is 1. The Morgan fingerprint density at radius 2 is 1.64 bits per heavy atom. The molecule has 0 aliphatic heterocycles. The van der Waals surface area contributed by atoms with E-state index < -0.39 is 0 Å². The van der Waals surface area contributed by atoms with E-state index in [-0.39, 0.29) is 35.1 Å². The lowest BCUT2D eigenvalue weighted by molar-refractivity contribution is 0.0956. The number of fused-ring (bicyclic) bond motifs is 1. The van der Waals surface area contributed by atoms with Crippen molar-refractivity contribution in [3.8, 4) is 0 Å². The molecule has 0 amide bonds. The first-order valence-corrected chi connectivity index (χ1v) is 7.06. The Hall–Kier alpha value is -2.69. The Bertz CT molecular complexity index is 795. The maximum atomic E-state index is 12.5. The molecule has 0 spiro atoms. The van der Waals surface area contributed by atoms with Crippen LogP contribution in [0.2, 0.25) is 0 Å². The summed E-state index contributed by atoms with van der Waals surface area (Å²) in [5, 5.41) is 0. The standard InChI is InChI=1S/C17H15N3O2/c1-10-11(2)20-16-15(19-10)14(21)8-13(17(16)22)18-9-12-6-4-3-5-7-12/h3-7H,8-9H2,1-2H3. The van der Waals surface area contributed by atoms with Crippen LogP contribution in [0.4, 0.5) is 0 Å². The molecule has 0 radical (unpaired) electrons. The molecule has 0 atom stereocenters. The topological polar surface area (TPSA) is 72.3 Å². The Kier molecular flexibility index (Phi) is 3.63. The molecular formula is C17H15N3O2. The lowest BCUT2D eigenvalue weighted by Crippen LogP contribution is -2.30.